The van der Waals surface area contributed by atoms with Crippen molar-refractivity contribution in [3.63, 3.8) is 0 Å². The van der Waals surface area contributed by atoms with E-state index in [4.69, 9.17) is 18.5 Å². The van der Waals surface area contributed by atoms with Gasteiger partial charge in [-0.15, -0.1) is 0 Å². The maximum Gasteiger partial charge on any atom is 0.472 e. The first-order valence-electron chi connectivity index (χ1n) is 21.1. The number of carbonyl (C=O) groups excluding carboxylic acids is 1. The average molecular weight is 767 g/mol. The number of carbonyl (C=O) groups is 1. The standard InChI is InChI=1S/C44H80NO7P/c1-6-8-10-12-14-16-18-20-22-23-24-25-27-29-31-33-35-37-44(46)52-43(42-51-53(47,48)50-40-38-45(3,4)5)41-49-39-36-34-32-30-28-26-21-19-17-15-13-11-9-7-2/h14,16,20,22,24-25,29,31,36,39,43H,6-13,15,17-19,21,23,26-28,30,32-35,37-38,40-42H2,1-5H3/p+1/b16-14-,22-20-,25-24-,31-29-,39-36-. The van der Waals surface area contributed by atoms with Crippen molar-refractivity contribution in [3.05, 3.63) is 60.9 Å². The van der Waals surface area contributed by atoms with Crippen molar-refractivity contribution in [1.29, 1.82) is 0 Å². The molecule has 2 unspecified atom stereocenters. The molecule has 1 N–H and O–H groups in total. The zero-order valence-electron chi connectivity index (χ0n) is 34.7. The number of ether oxygens (including phenoxy) is 2. The minimum atomic E-state index is -4.30. The van der Waals surface area contributed by atoms with Gasteiger partial charge < -0.3 is 18.9 Å². The lowest BCUT2D eigenvalue weighted by Gasteiger charge is -2.24. The number of phosphoric acid groups is 1. The third-order valence-corrected chi connectivity index (χ3v) is 9.63. The van der Waals surface area contributed by atoms with Gasteiger partial charge in [0.15, 0.2) is 6.10 Å². The molecule has 0 aliphatic carbocycles. The highest BCUT2D eigenvalue weighted by molar-refractivity contribution is 7.47. The second-order valence-corrected chi connectivity index (χ2v) is 16.5. The van der Waals surface area contributed by atoms with E-state index in [9.17, 15) is 14.3 Å². The zero-order valence-corrected chi connectivity index (χ0v) is 35.6. The van der Waals surface area contributed by atoms with E-state index in [0.29, 0.717) is 17.4 Å². The van der Waals surface area contributed by atoms with E-state index in [0.717, 1.165) is 38.5 Å². The Balaban J connectivity index is 4.43. The van der Waals surface area contributed by atoms with Crippen LogP contribution in [0.15, 0.2) is 60.9 Å². The van der Waals surface area contributed by atoms with Crippen LogP contribution in [0.2, 0.25) is 0 Å². The van der Waals surface area contributed by atoms with Gasteiger partial charge in [-0.1, -0.05) is 146 Å². The van der Waals surface area contributed by atoms with Gasteiger partial charge in [-0.3, -0.25) is 13.8 Å². The summed E-state index contributed by atoms with van der Waals surface area (Å²) in [6.45, 7) is 4.83. The molecule has 0 rings (SSSR count). The molecule has 308 valence electrons. The van der Waals surface area contributed by atoms with Gasteiger partial charge in [0.1, 0.15) is 19.8 Å². The molecule has 0 heterocycles. The van der Waals surface area contributed by atoms with Crippen molar-refractivity contribution in [2.24, 2.45) is 0 Å². The molecule has 9 heteroatoms. The van der Waals surface area contributed by atoms with E-state index in [1.165, 1.54) is 96.3 Å². The third kappa shape index (κ3) is 41.1. The smallest absolute Gasteiger partial charge is 0.472 e. The van der Waals surface area contributed by atoms with Gasteiger partial charge in [-0.2, -0.15) is 0 Å². The van der Waals surface area contributed by atoms with Crippen molar-refractivity contribution in [2.45, 2.75) is 168 Å². The highest BCUT2D eigenvalue weighted by atomic mass is 31.2. The molecule has 0 saturated carbocycles. The predicted octanol–water partition coefficient (Wildman–Crippen LogP) is 12.5. The van der Waals surface area contributed by atoms with E-state index >= 15 is 0 Å². The molecule has 0 bridgehead atoms. The Kier molecular flexibility index (Phi) is 35.6. The van der Waals surface area contributed by atoms with E-state index in [2.05, 4.69) is 62.5 Å². The number of allylic oxidation sites excluding steroid dienone is 9. The van der Waals surface area contributed by atoms with Crippen molar-refractivity contribution < 1.29 is 37.3 Å². The molecule has 0 fully saturated rings. The largest absolute Gasteiger partial charge is 0.498 e. The average Bonchev–Trinajstić information content (AvgIpc) is 3.11. The fraction of sp³-hybridized carbons (Fsp3) is 0.750. The van der Waals surface area contributed by atoms with E-state index < -0.39 is 19.9 Å². The maximum absolute atomic E-state index is 12.6. The number of unbranched alkanes of at least 4 members (excludes halogenated alkanes) is 16. The summed E-state index contributed by atoms with van der Waals surface area (Å²) in [5.41, 5.74) is 0. The van der Waals surface area contributed by atoms with Gasteiger partial charge in [-0.25, -0.2) is 4.57 Å². The number of phosphoric ester groups is 1. The first-order chi connectivity index (χ1) is 25.6. The minimum Gasteiger partial charge on any atom is -0.498 e. The van der Waals surface area contributed by atoms with Gasteiger partial charge in [0.05, 0.1) is 34.0 Å². The maximum atomic E-state index is 12.6. The fourth-order valence-corrected chi connectivity index (χ4v) is 6.07. The molecule has 0 amide bonds. The zero-order chi connectivity index (χ0) is 39.1. The lowest BCUT2D eigenvalue weighted by atomic mass is 10.0. The van der Waals surface area contributed by atoms with Gasteiger partial charge in [0.2, 0.25) is 0 Å². The predicted molar refractivity (Wildman–Crippen MR) is 224 cm³/mol. The van der Waals surface area contributed by atoms with Crippen LogP contribution >= 0.6 is 7.82 Å². The molecular weight excluding hydrogens is 685 g/mol. The second kappa shape index (κ2) is 37.0. The quantitative estimate of drug-likeness (QED) is 0.0167. The van der Waals surface area contributed by atoms with Gasteiger partial charge in [-0.05, 0) is 63.9 Å². The fourth-order valence-electron chi connectivity index (χ4n) is 5.33. The minimum absolute atomic E-state index is 0.0245. The van der Waals surface area contributed by atoms with Gasteiger partial charge in [0.25, 0.3) is 0 Å². The monoisotopic (exact) mass is 767 g/mol. The number of nitrogens with zero attached hydrogens (tertiary/aromatic N) is 1. The molecule has 0 aliphatic heterocycles. The van der Waals surface area contributed by atoms with Crippen LogP contribution in [-0.2, 0) is 27.9 Å². The number of hydrogen-bond donors (Lipinski definition) is 1. The van der Waals surface area contributed by atoms with Crippen LogP contribution in [0.25, 0.3) is 0 Å². The first kappa shape index (κ1) is 51.0. The van der Waals surface area contributed by atoms with Crippen LogP contribution in [0.1, 0.15) is 162 Å². The molecular formula is C44H81NO7P+. The summed E-state index contributed by atoms with van der Waals surface area (Å²) in [6, 6.07) is 0. The van der Waals surface area contributed by atoms with E-state index in [-0.39, 0.29) is 26.2 Å². The van der Waals surface area contributed by atoms with Gasteiger partial charge in [0, 0.05) is 6.42 Å². The molecule has 0 aromatic carbocycles. The summed E-state index contributed by atoms with van der Waals surface area (Å²) in [6.07, 6.45) is 46.4. The number of quaternary nitrogens is 1. The Hall–Kier alpha value is -1.96. The Labute approximate surface area is 326 Å². The Morgan fingerprint density at radius 1 is 0.604 bits per heavy atom. The van der Waals surface area contributed by atoms with E-state index in [1.54, 1.807) is 6.26 Å². The number of esters is 1. The molecule has 0 spiro atoms. The highest BCUT2D eigenvalue weighted by Gasteiger charge is 2.26. The highest BCUT2D eigenvalue weighted by Crippen LogP contribution is 2.43. The molecule has 0 aromatic rings. The molecule has 0 saturated heterocycles. The molecule has 2 atom stereocenters. The summed E-state index contributed by atoms with van der Waals surface area (Å²) in [5, 5.41) is 0. The molecule has 0 aromatic heterocycles. The van der Waals surface area contributed by atoms with Crippen molar-refractivity contribution in [3.8, 4) is 0 Å². The third-order valence-electron chi connectivity index (χ3n) is 8.65. The van der Waals surface area contributed by atoms with Crippen LogP contribution in [0, 0.1) is 0 Å². The van der Waals surface area contributed by atoms with Crippen LogP contribution in [0.4, 0.5) is 0 Å². The molecule has 53 heavy (non-hydrogen) atoms. The summed E-state index contributed by atoms with van der Waals surface area (Å²) in [7, 11) is 1.59. The van der Waals surface area contributed by atoms with E-state index in [1.807, 2.05) is 27.2 Å². The van der Waals surface area contributed by atoms with Gasteiger partial charge >= 0.3 is 13.8 Å². The Bertz CT molecular complexity index is 1030. The molecule has 0 aliphatic rings. The van der Waals surface area contributed by atoms with Crippen LogP contribution in [0.5, 0.6) is 0 Å². The topological polar surface area (TPSA) is 91.3 Å². The Morgan fingerprint density at radius 2 is 1.06 bits per heavy atom. The molecule has 8 nitrogen and oxygen atoms in total. The Morgan fingerprint density at radius 3 is 1.60 bits per heavy atom. The van der Waals surface area contributed by atoms with Crippen molar-refractivity contribution in [1.82, 2.24) is 0 Å². The second-order valence-electron chi connectivity index (χ2n) is 15.1. The molecule has 0 radical (unpaired) electrons. The van der Waals surface area contributed by atoms with Crippen molar-refractivity contribution in [2.75, 3.05) is 47.5 Å². The summed E-state index contributed by atoms with van der Waals surface area (Å²) in [5.74, 6) is -0.391. The summed E-state index contributed by atoms with van der Waals surface area (Å²) >= 11 is 0. The first-order valence-corrected chi connectivity index (χ1v) is 22.6. The normalized spacial score (nSPS) is 14.4. The van der Waals surface area contributed by atoms with Crippen LogP contribution in [0.3, 0.4) is 0 Å². The van der Waals surface area contributed by atoms with Crippen LogP contribution in [-0.4, -0.2) is 69.0 Å². The van der Waals surface area contributed by atoms with Crippen molar-refractivity contribution >= 4 is 13.8 Å². The number of hydrogen-bond acceptors (Lipinski definition) is 6. The SMILES string of the molecule is CCCCC/C=C\C/C=C\C/C=C\C/C=C\CCCC(=O)OC(CO/C=C\CCCCCCCCCCCCCC)COP(=O)(O)OCC[N+](C)(C)C. The van der Waals surface area contributed by atoms with Crippen LogP contribution < -0.4 is 0 Å². The number of rotatable bonds is 38. The summed E-state index contributed by atoms with van der Waals surface area (Å²) < 4.78 is 34.6. The lowest BCUT2D eigenvalue weighted by molar-refractivity contribution is -0.870. The lowest BCUT2D eigenvalue weighted by Crippen LogP contribution is -2.37. The number of likely N-dealkylation sites (N-methyl/N-ethyl adjacent to an activating group) is 1. The summed E-state index contributed by atoms with van der Waals surface area (Å²) in [4.78, 5) is 22.8.